The van der Waals surface area contributed by atoms with Gasteiger partial charge in [0.25, 0.3) is 0 Å². The Kier molecular flexibility index (Phi) is 4.94. The average molecular weight is 253 g/mol. The molecular formula is C11H15N3O4. The molecule has 0 heterocycles. The third-order valence-corrected chi connectivity index (χ3v) is 2.15. The summed E-state index contributed by atoms with van der Waals surface area (Å²) in [5.74, 6) is 0.0685. The Morgan fingerprint density at radius 1 is 1.50 bits per heavy atom. The third kappa shape index (κ3) is 3.36. The maximum absolute atomic E-state index is 11.4. The summed E-state index contributed by atoms with van der Waals surface area (Å²) in [4.78, 5) is 11.4. The molecule has 98 valence electrons. The summed E-state index contributed by atoms with van der Waals surface area (Å²) >= 11 is 0. The number of nitrogens with one attached hydrogen (secondary N) is 1. The molecule has 0 saturated carbocycles. The molecule has 1 aromatic carbocycles. The first kappa shape index (κ1) is 13.8. The highest BCUT2D eigenvalue weighted by Gasteiger charge is 2.09. The van der Waals surface area contributed by atoms with Crippen LogP contribution in [0.2, 0.25) is 0 Å². The van der Waals surface area contributed by atoms with Crippen LogP contribution in [0.5, 0.6) is 5.75 Å². The number of carbonyl (C=O) groups is 1. The molecule has 7 heteroatoms. The van der Waals surface area contributed by atoms with Crippen LogP contribution in [0.3, 0.4) is 0 Å². The molecule has 0 saturated heterocycles. The third-order valence-electron chi connectivity index (χ3n) is 2.15. The van der Waals surface area contributed by atoms with Gasteiger partial charge in [-0.1, -0.05) is 5.16 Å². The van der Waals surface area contributed by atoms with Crippen molar-refractivity contribution in [1.29, 1.82) is 0 Å². The van der Waals surface area contributed by atoms with Crippen molar-refractivity contribution < 1.29 is 19.5 Å². The molecule has 18 heavy (non-hydrogen) atoms. The first-order valence-corrected chi connectivity index (χ1v) is 5.07. The predicted octanol–water partition coefficient (Wildman–Crippen LogP) is 0.375. The van der Waals surface area contributed by atoms with E-state index in [0.29, 0.717) is 17.0 Å². The van der Waals surface area contributed by atoms with E-state index in [0.717, 1.165) is 0 Å². The number of hydrogen-bond donors (Lipinski definition) is 3. The number of carbonyl (C=O) groups excluding carboxylic acids is 1. The summed E-state index contributed by atoms with van der Waals surface area (Å²) in [7, 11) is 2.88. The van der Waals surface area contributed by atoms with Crippen LogP contribution in [-0.2, 0) is 9.53 Å². The lowest BCUT2D eigenvalue weighted by molar-refractivity contribution is -0.119. The molecule has 0 aliphatic carbocycles. The standard InChI is InChI=1S/C11H15N3O4/c1-17-6-10(15)13-8-4-3-7(11(12)14-16)5-9(8)18-2/h3-5,16H,6H2,1-2H3,(H2,12,14)(H,13,15). The lowest BCUT2D eigenvalue weighted by Crippen LogP contribution is -2.18. The molecule has 7 nitrogen and oxygen atoms in total. The van der Waals surface area contributed by atoms with Crippen molar-refractivity contribution in [2.24, 2.45) is 10.9 Å². The summed E-state index contributed by atoms with van der Waals surface area (Å²) in [6.07, 6.45) is 0. The number of oxime groups is 1. The number of amides is 1. The van der Waals surface area contributed by atoms with Crippen molar-refractivity contribution in [3.05, 3.63) is 23.8 Å². The van der Waals surface area contributed by atoms with Crippen LogP contribution in [0, 0.1) is 0 Å². The van der Waals surface area contributed by atoms with Crippen molar-refractivity contribution in [2.45, 2.75) is 0 Å². The van der Waals surface area contributed by atoms with Crippen molar-refractivity contribution >= 4 is 17.4 Å². The molecule has 0 aromatic heterocycles. The van der Waals surface area contributed by atoms with Crippen molar-refractivity contribution in [2.75, 3.05) is 26.1 Å². The zero-order chi connectivity index (χ0) is 13.5. The second-order valence-corrected chi connectivity index (χ2v) is 3.38. The predicted molar refractivity (Wildman–Crippen MR) is 66.0 cm³/mol. The summed E-state index contributed by atoms with van der Waals surface area (Å²) in [6, 6.07) is 4.75. The molecule has 1 aromatic rings. The normalized spacial score (nSPS) is 11.1. The zero-order valence-corrected chi connectivity index (χ0v) is 10.1. The van der Waals surface area contributed by atoms with Crippen molar-refractivity contribution in [1.82, 2.24) is 0 Å². The zero-order valence-electron chi connectivity index (χ0n) is 10.1. The summed E-state index contributed by atoms with van der Waals surface area (Å²) in [5, 5.41) is 14.1. The highest BCUT2D eigenvalue weighted by molar-refractivity contribution is 5.99. The van der Waals surface area contributed by atoms with Crippen LogP contribution in [0.4, 0.5) is 5.69 Å². The van der Waals surface area contributed by atoms with E-state index in [1.807, 2.05) is 0 Å². The lowest BCUT2D eigenvalue weighted by Gasteiger charge is -2.11. The number of rotatable bonds is 5. The Morgan fingerprint density at radius 3 is 2.78 bits per heavy atom. The van der Waals surface area contributed by atoms with Gasteiger partial charge in [-0.25, -0.2) is 0 Å². The molecule has 0 aliphatic rings. The van der Waals surface area contributed by atoms with Gasteiger partial charge in [-0.2, -0.15) is 0 Å². The van der Waals surface area contributed by atoms with E-state index < -0.39 is 0 Å². The minimum absolute atomic E-state index is 0.0388. The van der Waals surface area contributed by atoms with Gasteiger partial charge in [0.15, 0.2) is 5.84 Å². The topological polar surface area (TPSA) is 106 Å². The van der Waals surface area contributed by atoms with Crippen LogP contribution >= 0.6 is 0 Å². The quantitative estimate of drug-likeness (QED) is 0.304. The molecular weight excluding hydrogens is 238 g/mol. The highest BCUT2D eigenvalue weighted by atomic mass is 16.5. The molecule has 0 aliphatic heterocycles. The molecule has 0 bridgehead atoms. The fraction of sp³-hybridized carbons (Fsp3) is 0.273. The monoisotopic (exact) mass is 253 g/mol. The van der Waals surface area contributed by atoms with E-state index in [1.165, 1.54) is 14.2 Å². The van der Waals surface area contributed by atoms with Gasteiger partial charge in [0.1, 0.15) is 12.4 Å². The van der Waals surface area contributed by atoms with Gasteiger partial charge in [-0.15, -0.1) is 0 Å². The molecule has 0 radical (unpaired) electrons. The van der Waals surface area contributed by atoms with Crippen molar-refractivity contribution in [3.63, 3.8) is 0 Å². The fourth-order valence-corrected chi connectivity index (χ4v) is 1.33. The smallest absolute Gasteiger partial charge is 0.250 e. The van der Waals surface area contributed by atoms with Crippen LogP contribution in [0.1, 0.15) is 5.56 Å². The second-order valence-electron chi connectivity index (χ2n) is 3.38. The average Bonchev–Trinajstić information content (AvgIpc) is 2.38. The van der Waals surface area contributed by atoms with E-state index >= 15 is 0 Å². The second kappa shape index (κ2) is 6.45. The number of hydrogen-bond acceptors (Lipinski definition) is 5. The van der Waals surface area contributed by atoms with E-state index in [-0.39, 0.29) is 18.3 Å². The Bertz CT molecular complexity index is 460. The van der Waals surface area contributed by atoms with E-state index in [1.54, 1.807) is 18.2 Å². The minimum Gasteiger partial charge on any atom is -0.495 e. The van der Waals surface area contributed by atoms with Crippen LogP contribution in [-0.4, -0.2) is 37.8 Å². The first-order valence-electron chi connectivity index (χ1n) is 5.07. The summed E-state index contributed by atoms with van der Waals surface area (Å²) in [5.41, 5.74) is 6.42. The summed E-state index contributed by atoms with van der Waals surface area (Å²) in [6.45, 7) is -0.0505. The molecule has 1 amide bonds. The van der Waals surface area contributed by atoms with Gasteiger partial charge in [0, 0.05) is 12.7 Å². The largest absolute Gasteiger partial charge is 0.495 e. The molecule has 0 spiro atoms. The van der Waals surface area contributed by atoms with Gasteiger partial charge < -0.3 is 25.7 Å². The Hall–Kier alpha value is -2.28. The number of nitrogens with two attached hydrogens (primary N) is 1. The van der Waals surface area contributed by atoms with E-state index in [2.05, 4.69) is 10.5 Å². The minimum atomic E-state index is -0.299. The van der Waals surface area contributed by atoms with Crippen LogP contribution in [0.25, 0.3) is 0 Å². The number of benzene rings is 1. The number of nitrogens with zero attached hydrogens (tertiary/aromatic N) is 1. The fourth-order valence-electron chi connectivity index (χ4n) is 1.33. The van der Waals surface area contributed by atoms with Gasteiger partial charge in [0.2, 0.25) is 5.91 Å². The number of methoxy groups -OCH3 is 2. The van der Waals surface area contributed by atoms with Crippen LogP contribution in [0.15, 0.2) is 23.4 Å². The van der Waals surface area contributed by atoms with Gasteiger partial charge in [-0.05, 0) is 18.2 Å². The number of amidine groups is 1. The Labute approximate surface area is 104 Å². The maximum Gasteiger partial charge on any atom is 0.250 e. The SMILES string of the molecule is COCC(=O)Nc1ccc(/C(N)=N/O)cc1OC. The highest BCUT2D eigenvalue weighted by Crippen LogP contribution is 2.25. The molecule has 0 unspecified atom stereocenters. The Morgan fingerprint density at radius 2 is 2.22 bits per heavy atom. The van der Waals surface area contributed by atoms with Gasteiger partial charge >= 0.3 is 0 Å². The first-order chi connectivity index (χ1) is 8.62. The van der Waals surface area contributed by atoms with E-state index in [4.69, 9.17) is 20.4 Å². The lowest BCUT2D eigenvalue weighted by atomic mass is 10.1. The van der Waals surface area contributed by atoms with Gasteiger partial charge in [-0.3, -0.25) is 4.79 Å². The molecule has 1 rings (SSSR count). The summed E-state index contributed by atoms with van der Waals surface area (Å²) < 4.78 is 9.82. The van der Waals surface area contributed by atoms with Crippen molar-refractivity contribution in [3.8, 4) is 5.75 Å². The maximum atomic E-state index is 11.4. The Balaban J connectivity index is 2.97. The van der Waals surface area contributed by atoms with Crippen LogP contribution < -0.4 is 15.8 Å². The van der Waals surface area contributed by atoms with Gasteiger partial charge in [0.05, 0.1) is 12.8 Å². The molecule has 4 N–H and O–H groups in total. The number of ether oxygens (including phenoxy) is 2. The van der Waals surface area contributed by atoms with E-state index in [9.17, 15) is 4.79 Å². The molecule has 0 atom stereocenters. The number of anilines is 1. The molecule has 0 fully saturated rings.